The van der Waals surface area contributed by atoms with Crippen LogP contribution in [0.1, 0.15) is 101 Å². The van der Waals surface area contributed by atoms with Crippen molar-refractivity contribution in [1.29, 1.82) is 0 Å². The number of ether oxygens (including phenoxy) is 4. The van der Waals surface area contributed by atoms with E-state index >= 15 is 0 Å². The first-order valence-corrected chi connectivity index (χ1v) is 16.5. The molecule has 0 saturated heterocycles. The fourth-order valence-electron chi connectivity index (χ4n) is 4.84. The number of hydrogen-bond acceptors (Lipinski definition) is 6. The topological polar surface area (TPSA) is 77.4 Å². The average Bonchev–Trinajstić information content (AvgIpc) is 3.01. The number of unbranched alkanes of at least 4 members (excludes halogenated alkanes) is 13. The lowest BCUT2D eigenvalue weighted by Gasteiger charge is -2.12. The highest BCUT2D eigenvalue weighted by Crippen LogP contribution is 2.13. The van der Waals surface area contributed by atoms with Crippen molar-refractivity contribution in [1.82, 2.24) is 0 Å². The van der Waals surface area contributed by atoms with Crippen LogP contribution in [-0.2, 0) is 32.2 Å². The summed E-state index contributed by atoms with van der Waals surface area (Å²) in [6.07, 6.45) is 16.7. The lowest BCUT2D eigenvalue weighted by atomic mass is 10.0. The maximum absolute atomic E-state index is 9.97. The molecule has 0 unspecified atom stereocenters. The molecule has 2 aromatic carbocycles. The summed E-state index contributed by atoms with van der Waals surface area (Å²) >= 11 is 0. The van der Waals surface area contributed by atoms with Gasteiger partial charge in [0.15, 0.2) is 0 Å². The first-order chi connectivity index (χ1) is 20.7. The largest absolute Gasteiger partial charge is 0.388 e. The van der Waals surface area contributed by atoms with Gasteiger partial charge in [0.1, 0.15) is 12.2 Å². The van der Waals surface area contributed by atoms with Gasteiger partial charge in [-0.3, -0.25) is 0 Å². The minimum atomic E-state index is -0.559. The fraction of sp³-hybridized carbons (Fsp3) is 0.667. The highest BCUT2D eigenvalue weighted by molar-refractivity contribution is 5.14. The smallest absolute Gasteiger partial charge is 0.101 e. The van der Waals surface area contributed by atoms with Crippen LogP contribution in [0.5, 0.6) is 0 Å². The third kappa shape index (κ3) is 21.8. The normalized spacial score (nSPS) is 12.9. The van der Waals surface area contributed by atoms with Crippen LogP contribution in [0.3, 0.4) is 0 Å². The molecule has 0 fully saturated rings. The molecule has 0 aliphatic heterocycles. The Morgan fingerprint density at radius 3 is 1.00 bits per heavy atom. The zero-order valence-electron chi connectivity index (χ0n) is 26.0. The van der Waals surface area contributed by atoms with E-state index in [1.165, 1.54) is 77.0 Å². The zero-order chi connectivity index (χ0) is 29.8. The minimum Gasteiger partial charge on any atom is -0.388 e. The van der Waals surface area contributed by atoms with Crippen molar-refractivity contribution in [2.75, 3.05) is 39.6 Å². The number of rotatable bonds is 29. The zero-order valence-corrected chi connectivity index (χ0v) is 26.0. The molecule has 0 bridgehead atoms. The maximum atomic E-state index is 9.97. The van der Waals surface area contributed by atoms with Crippen LogP contribution in [0.15, 0.2) is 60.7 Å². The third-order valence-electron chi connectivity index (χ3n) is 7.29. The number of hydrogen-bond donors (Lipinski definition) is 2. The van der Waals surface area contributed by atoms with Gasteiger partial charge >= 0.3 is 0 Å². The second-order valence-corrected chi connectivity index (χ2v) is 11.4. The van der Waals surface area contributed by atoms with Crippen molar-refractivity contribution < 1.29 is 29.2 Å². The standard InChI is InChI=1S/C36H58O6/c37-35(31-41-27-33-21-15-13-16-22-33)29-39-25-19-11-9-7-5-3-1-2-4-6-8-10-12-20-26-40-30-36(38)32-42-28-34-23-17-14-18-24-34/h13-18,21-24,35-38H,1-12,19-20,25-32H2/t35-,36-/m0/s1. The van der Waals surface area contributed by atoms with E-state index in [0.29, 0.717) is 39.6 Å². The quantitative estimate of drug-likeness (QED) is 0.0954. The van der Waals surface area contributed by atoms with E-state index in [9.17, 15) is 10.2 Å². The van der Waals surface area contributed by atoms with Crippen molar-refractivity contribution in [3.8, 4) is 0 Å². The number of benzene rings is 2. The lowest BCUT2D eigenvalue weighted by Crippen LogP contribution is -2.22. The van der Waals surface area contributed by atoms with E-state index in [1.807, 2.05) is 60.7 Å². The Bertz CT molecular complexity index is 749. The van der Waals surface area contributed by atoms with E-state index in [-0.39, 0.29) is 0 Å². The van der Waals surface area contributed by atoms with E-state index < -0.39 is 12.2 Å². The van der Waals surface area contributed by atoms with Crippen LogP contribution in [0.4, 0.5) is 0 Å². The fourth-order valence-corrected chi connectivity index (χ4v) is 4.84. The molecule has 2 N–H and O–H groups in total. The van der Waals surface area contributed by atoms with Crippen molar-refractivity contribution in [2.45, 2.75) is 115 Å². The Morgan fingerprint density at radius 1 is 0.381 bits per heavy atom. The van der Waals surface area contributed by atoms with E-state index in [0.717, 1.165) is 37.2 Å². The Kier molecular flexibility index (Phi) is 23.2. The van der Waals surface area contributed by atoms with Gasteiger partial charge in [-0.2, -0.15) is 0 Å². The molecule has 0 saturated carbocycles. The second kappa shape index (κ2) is 26.8. The monoisotopic (exact) mass is 586 g/mol. The van der Waals surface area contributed by atoms with Gasteiger partial charge in [0.05, 0.1) is 39.6 Å². The van der Waals surface area contributed by atoms with Gasteiger partial charge in [0.2, 0.25) is 0 Å². The molecule has 0 amide bonds. The Labute approximate surface area is 255 Å². The summed E-state index contributed by atoms with van der Waals surface area (Å²) in [5, 5.41) is 19.9. The van der Waals surface area contributed by atoms with Crippen molar-refractivity contribution >= 4 is 0 Å². The number of aliphatic hydroxyl groups is 2. The van der Waals surface area contributed by atoms with E-state index in [1.54, 1.807) is 0 Å². The highest BCUT2D eigenvalue weighted by atomic mass is 16.5. The summed E-state index contributed by atoms with van der Waals surface area (Å²) in [6.45, 7) is 3.80. The molecule has 0 radical (unpaired) electrons. The van der Waals surface area contributed by atoms with Crippen LogP contribution in [0.25, 0.3) is 0 Å². The highest BCUT2D eigenvalue weighted by Gasteiger charge is 2.06. The molecule has 2 rings (SSSR count). The van der Waals surface area contributed by atoms with Crippen LogP contribution >= 0.6 is 0 Å². The van der Waals surface area contributed by atoms with Gasteiger partial charge in [-0.15, -0.1) is 0 Å². The van der Waals surface area contributed by atoms with Crippen LogP contribution in [-0.4, -0.2) is 62.1 Å². The van der Waals surface area contributed by atoms with Crippen LogP contribution in [0, 0.1) is 0 Å². The summed E-state index contributed by atoms with van der Waals surface area (Å²) in [6, 6.07) is 20.0. The van der Waals surface area contributed by atoms with E-state index in [4.69, 9.17) is 18.9 Å². The third-order valence-corrected chi connectivity index (χ3v) is 7.29. The van der Waals surface area contributed by atoms with Gasteiger partial charge in [-0.1, -0.05) is 138 Å². The van der Waals surface area contributed by atoms with Gasteiger partial charge in [-0.25, -0.2) is 0 Å². The van der Waals surface area contributed by atoms with Crippen LogP contribution < -0.4 is 0 Å². The Morgan fingerprint density at radius 2 is 0.667 bits per heavy atom. The maximum Gasteiger partial charge on any atom is 0.101 e. The molecule has 42 heavy (non-hydrogen) atoms. The second-order valence-electron chi connectivity index (χ2n) is 11.4. The summed E-state index contributed by atoms with van der Waals surface area (Å²) in [7, 11) is 0. The summed E-state index contributed by atoms with van der Waals surface area (Å²) in [5.74, 6) is 0. The molecule has 2 atom stereocenters. The van der Waals surface area contributed by atoms with Crippen molar-refractivity contribution in [3.05, 3.63) is 71.8 Å². The molecule has 0 aliphatic rings. The molecule has 6 heteroatoms. The minimum absolute atomic E-state index is 0.310. The molecule has 2 aromatic rings. The molecule has 238 valence electrons. The van der Waals surface area contributed by atoms with Crippen LogP contribution in [0.2, 0.25) is 0 Å². The Hall–Kier alpha value is -1.80. The SMILES string of the molecule is O[C@@H](COCCCCCCCCCCCCCCCCOC[C@H](O)COCc1ccccc1)COCc1ccccc1. The summed E-state index contributed by atoms with van der Waals surface area (Å²) < 4.78 is 22.3. The molecule has 0 aromatic heterocycles. The first-order valence-electron chi connectivity index (χ1n) is 16.5. The van der Waals surface area contributed by atoms with Crippen molar-refractivity contribution in [2.24, 2.45) is 0 Å². The van der Waals surface area contributed by atoms with Gasteiger partial charge < -0.3 is 29.2 Å². The summed E-state index contributed by atoms with van der Waals surface area (Å²) in [4.78, 5) is 0. The van der Waals surface area contributed by atoms with Gasteiger partial charge in [0, 0.05) is 13.2 Å². The predicted molar refractivity (Wildman–Crippen MR) is 170 cm³/mol. The molecular weight excluding hydrogens is 528 g/mol. The number of aliphatic hydroxyl groups excluding tert-OH is 2. The van der Waals surface area contributed by atoms with E-state index in [2.05, 4.69) is 0 Å². The molecule has 6 nitrogen and oxygen atoms in total. The average molecular weight is 587 g/mol. The van der Waals surface area contributed by atoms with Crippen molar-refractivity contribution in [3.63, 3.8) is 0 Å². The molecule has 0 heterocycles. The molecule has 0 spiro atoms. The lowest BCUT2D eigenvalue weighted by molar-refractivity contribution is -0.0239. The van der Waals surface area contributed by atoms with Gasteiger partial charge in [-0.05, 0) is 24.0 Å². The Balaban J connectivity index is 1.20. The first kappa shape index (κ1) is 36.4. The molecule has 0 aliphatic carbocycles. The molecular formula is C36H58O6. The summed E-state index contributed by atoms with van der Waals surface area (Å²) in [5.41, 5.74) is 2.23. The predicted octanol–water partition coefficient (Wildman–Crippen LogP) is 7.64. The van der Waals surface area contributed by atoms with Gasteiger partial charge in [0.25, 0.3) is 0 Å².